The Morgan fingerprint density at radius 2 is 1.96 bits per heavy atom. The maximum absolute atomic E-state index is 11.2. The Hall–Kier alpha value is -2.83. The predicted octanol–water partition coefficient (Wildman–Crippen LogP) is 3.25. The van der Waals surface area contributed by atoms with Crippen LogP contribution in [0.4, 0.5) is 5.69 Å². The van der Waals surface area contributed by atoms with Gasteiger partial charge in [-0.15, -0.1) is 0 Å². The third-order valence-electron chi connectivity index (χ3n) is 3.88. The summed E-state index contributed by atoms with van der Waals surface area (Å²) in [6, 6.07) is 14.1. The van der Waals surface area contributed by atoms with E-state index in [1.807, 2.05) is 30.3 Å². The lowest BCUT2D eigenvalue weighted by molar-refractivity contribution is 0.0698. The molecule has 0 aliphatic heterocycles. The van der Waals surface area contributed by atoms with Gasteiger partial charge in [-0.25, -0.2) is 9.78 Å². The fourth-order valence-electron chi connectivity index (χ4n) is 2.59. The Bertz CT molecular complexity index is 909. The number of imidazole rings is 1. The maximum Gasteiger partial charge on any atom is 0.337 e. The first kappa shape index (κ1) is 17.0. The molecule has 1 atom stereocenters. The van der Waals surface area contributed by atoms with Gasteiger partial charge in [-0.05, 0) is 24.1 Å². The number of carboxylic acids is 1. The van der Waals surface area contributed by atoms with E-state index >= 15 is 0 Å². The summed E-state index contributed by atoms with van der Waals surface area (Å²) in [6.07, 6.45) is 0.603. The quantitative estimate of drug-likeness (QED) is 0.523. The van der Waals surface area contributed by atoms with Crippen molar-refractivity contribution >= 4 is 23.3 Å². The van der Waals surface area contributed by atoms with E-state index in [1.165, 1.54) is 12.1 Å². The number of aromatic amines is 1. The Morgan fingerprint density at radius 1 is 1.24 bits per heavy atom. The minimum atomic E-state index is -1.10. The minimum absolute atomic E-state index is 0.00620. The molecule has 0 radical (unpaired) electrons. The topological polar surface area (TPSA) is 118 Å². The van der Waals surface area contributed by atoms with E-state index in [-0.39, 0.29) is 17.3 Å². The summed E-state index contributed by atoms with van der Waals surface area (Å²) in [5, 5.41) is 9.51. The molecule has 3 rings (SSSR count). The van der Waals surface area contributed by atoms with E-state index in [4.69, 9.17) is 23.1 Å². The molecule has 0 saturated heterocycles. The van der Waals surface area contributed by atoms with Gasteiger partial charge >= 0.3 is 5.97 Å². The largest absolute Gasteiger partial charge is 0.478 e. The van der Waals surface area contributed by atoms with Gasteiger partial charge in [0.1, 0.15) is 16.7 Å². The number of H-pyrrole nitrogens is 1. The van der Waals surface area contributed by atoms with Crippen molar-refractivity contribution < 1.29 is 9.90 Å². The third kappa shape index (κ3) is 3.65. The van der Waals surface area contributed by atoms with Crippen molar-refractivity contribution in [2.24, 2.45) is 5.73 Å². The second-order valence-corrected chi connectivity index (χ2v) is 6.07. The van der Waals surface area contributed by atoms with E-state index < -0.39 is 5.97 Å². The van der Waals surface area contributed by atoms with Gasteiger partial charge in [0.25, 0.3) is 0 Å². The highest BCUT2D eigenvalue weighted by atomic mass is 35.5. The number of nitrogens with zero attached hydrogens (tertiary/aromatic N) is 1. The molecule has 0 fully saturated rings. The summed E-state index contributed by atoms with van der Waals surface area (Å²) in [6.45, 7) is 0. The molecule has 3 aromatic rings. The van der Waals surface area contributed by atoms with Gasteiger partial charge in [-0.2, -0.15) is 0 Å². The summed E-state index contributed by atoms with van der Waals surface area (Å²) in [4.78, 5) is 18.7. The Morgan fingerprint density at radius 3 is 2.64 bits per heavy atom. The number of rotatable bonds is 5. The van der Waals surface area contributed by atoms with Crippen molar-refractivity contribution in [3.63, 3.8) is 0 Å². The number of nitrogens with one attached hydrogen (secondary N) is 1. The Kier molecular flexibility index (Phi) is 4.74. The summed E-state index contributed by atoms with van der Waals surface area (Å²) >= 11 is 6.25. The molecule has 0 aliphatic carbocycles. The lowest BCUT2D eigenvalue weighted by Gasteiger charge is -2.08. The van der Waals surface area contributed by atoms with Crippen molar-refractivity contribution in [1.82, 2.24) is 9.97 Å². The van der Waals surface area contributed by atoms with Gasteiger partial charge in [-0.3, -0.25) is 0 Å². The molecule has 1 aromatic heterocycles. The van der Waals surface area contributed by atoms with Gasteiger partial charge in [0.15, 0.2) is 0 Å². The summed E-state index contributed by atoms with van der Waals surface area (Å²) in [5.74, 6) is -0.565. The Balaban J connectivity index is 1.90. The number of carboxylic acid groups (broad SMARTS) is 1. The smallest absolute Gasteiger partial charge is 0.337 e. The number of benzene rings is 2. The van der Waals surface area contributed by atoms with Crippen molar-refractivity contribution in [2.75, 3.05) is 5.73 Å². The van der Waals surface area contributed by atoms with Gasteiger partial charge in [0, 0.05) is 11.3 Å². The zero-order valence-electron chi connectivity index (χ0n) is 13.2. The average molecular weight is 357 g/mol. The van der Waals surface area contributed by atoms with Crippen LogP contribution in [0.2, 0.25) is 5.15 Å². The molecule has 128 valence electrons. The molecule has 6 N–H and O–H groups in total. The molecule has 0 aliphatic rings. The molecular weight excluding hydrogens is 340 g/mol. The number of nitrogens with two attached hydrogens (primary N) is 2. The fourth-order valence-corrected chi connectivity index (χ4v) is 2.84. The normalized spacial score (nSPS) is 12.1. The summed E-state index contributed by atoms with van der Waals surface area (Å²) in [5.41, 5.74) is 14.2. The number of aromatic nitrogens is 2. The number of anilines is 1. The van der Waals surface area contributed by atoms with Crippen LogP contribution < -0.4 is 11.5 Å². The van der Waals surface area contributed by atoms with Crippen LogP contribution in [-0.2, 0) is 6.42 Å². The monoisotopic (exact) mass is 356 g/mol. The van der Waals surface area contributed by atoms with E-state index in [2.05, 4.69) is 9.97 Å². The highest BCUT2D eigenvalue weighted by Crippen LogP contribution is 2.30. The van der Waals surface area contributed by atoms with Crippen LogP contribution in [0.5, 0.6) is 0 Å². The Labute approximate surface area is 149 Å². The van der Waals surface area contributed by atoms with E-state index in [0.29, 0.717) is 28.7 Å². The first-order chi connectivity index (χ1) is 12.0. The van der Waals surface area contributed by atoms with Crippen LogP contribution in [-0.4, -0.2) is 21.0 Å². The third-order valence-corrected chi connectivity index (χ3v) is 4.16. The lowest BCUT2D eigenvalue weighted by Crippen LogP contribution is -2.15. The number of aromatic carboxylic acids is 1. The first-order valence-corrected chi connectivity index (χ1v) is 8.01. The zero-order valence-corrected chi connectivity index (χ0v) is 14.0. The van der Waals surface area contributed by atoms with Crippen LogP contribution in [0, 0.1) is 0 Å². The fraction of sp³-hybridized carbons (Fsp3) is 0.111. The number of hydrogen-bond acceptors (Lipinski definition) is 4. The number of carbonyl (C=O) groups is 1. The van der Waals surface area contributed by atoms with Gasteiger partial charge in [0.05, 0.1) is 11.6 Å². The molecule has 7 heteroatoms. The van der Waals surface area contributed by atoms with Gasteiger partial charge < -0.3 is 21.6 Å². The SMILES string of the molecule is Nc1ccc(-c2nc([C@@H](N)Cc3ccccc3)[nH]c2Cl)cc1C(=O)O. The molecule has 2 aromatic carbocycles. The molecule has 25 heavy (non-hydrogen) atoms. The number of nitrogen functional groups attached to an aromatic ring is 1. The van der Waals surface area contributed by atoms with Gasteiger partial charge in [0.2, 0.25) is 0 Å². The van der Waals surface area contributed by atoms with Crippen LogP contribution in [0.25, 0.3) is 11.3 Å². The van der Waals surface area contributed by atoms with Crippen LogP contribution >= 0.6 is 11.6 Å². The number of halogens is 1. The highest BCUT2D eigenvalue weighted by Gasteiger charge is 2.18. The summed E-state index contributed by atoms with van der Waals surface area (Å²) < 4.78 is 0. The standard InChI is InChI=1S/C18H17ClN4O2/c19-16-15(11-6-7-13(20)12(9-11)18(24)25)22-17(23-16)14(21)8-10-4-2-1-3-5-10/h1-7,9,14H,8,20-21H2,(H,22,23)(H,24,25)/t14-/m0/s1. The molecule has 0 spiro atoms. The van der Waals surface area contributed by atoms with Crippen molar-refractivity contribution in [3.8, 4) is 11.3 Å². The zero-order chi connectivity index (χ0) is 18.0. The molecule has 1 heterocycles. The van der Waals surface area contributed by atoms with E-state index in [1.54, 1.807) is 6.07 Å². The molecule has 0 amide bonds. The molecule has 0 saturated carbocycles. The highest BCUT2D eigenvalue weighted by molar-refractivity contribution is 6.32. The minimum Gasteiger partial charge on any atom is -0.478 e. The predicted molar refractivity (Wildman–Crippen MR) is 97.5 cm³/mol. The summed E-state index contributed by atoms with van der Waals surface area (Å²) in [7, 11) is 0. The first-order valence-electron chi connectivity index (χ1n) is 7.64. The second kappa shape index (κ2) is 6.96. The maximum atomic E-state index is 11.2. The van der Waals surface area contributed by atoms with Crippen LogP contribution in [0.1, 0.15) is 27.8 Å². The van der Waals surface area contributed by atoms with Gasteiger partial charge in [-0.1, -0.05) is 48.0 Å². The van der Waals surface area contributed by atoms with E-state index in [0.717, 1.165) is 5.56 Å². The van der Waals surface area contributed by atoms with Crippen LogP contribution in [0.15, 0.2) is 48.5 Å². The molecular formula is C18H17ClN4O2. The number of hydrogen-bond donors (Lipinski definition) is 4. The molecule has 0 bridgehead atoms. The van der Waals surface area contributed by atoms with Crippen LogP contribution in [0.3, 0.4) is 0 Å². The van der Waals surface area contributed by atoms with Crippen molar-refractivity contribution in [1.29, 1.82) is 0 Å². The molecule has 6 nitrogen and oxygen atoms in total. The second-order valence-electron chi connectivity index (χ2n) is 5.69. The van der Waals surface area contributed by atoms with Crippen molar-refractivity contribution in [3.05, 3.63) is 70.6 Å². The van der Waals surface area contributed by atoms with E-state index in [9.17, 15) is 9.90 Å². The molecule has 0 unspecified atom stereocenters. The van der Waals surface area contributed by atoms with Crippen molar-refractivity contribution in [2.45, 2.75) is 12.5 Å². The average Bonchev–Trinajstić information content (AvgIpc) is 2.98. The lowest BCUT2D eigenvalue weighted by atomic mass is 10.1.